The van der Waals surface area contributed by atoms with Crippen LogP contribution in [0.1, 0.15) is 40.0 Å². The van der Waals surface area contributed by atoms with Crippen LogP contribution in [0.2, 0.25) is 5.02 Å². The lowest BCUT2D eigenvalue weighted by Gasteiger charge is -2.20. The summed E-state index contributed by atoms with van der Waals surface area (Å²) in [5, 5.41) is 4.20. The lowest BCUT2D eigenvalue weighted by atomic mass is 10.2. The first-order valence-corrected chi connectivity index (χ1v) is 11.4. The number of unbranched alkanes of at least 4 members (excludes halogenated alkanes) is 1. The number of fused-ring (bicyclic) bond motifs is 1. The highest BCUT2D eigenvalue weighted by molar-refractivity contribution is 8.00. The maximum absolute atomic E-state index is 13.4. The van der Waals surface area contributed by atoms with E-state index in [0.717, 1.165) is 12.8 Å². The standard InChI is InChI=1S/C23H26ClN3O2S/c1-4-5-13-20(21(28)25-15(2)3)30-23-26-19-12-7-6-11-18(19)22(29)27(23)17-10-8-9-16(24)14-17/h6-12,14-15,20H,4-5,13H2,1-3H3,(H,25,28). The number of halogens is 1. The molecule has 30 heavy (non-hydrogen) atoms. The summed E-state index contributed by atoms with van der Waals surface area (Å²) in [5.41, 5.74) is 1.07. The predicted molar refractivity (Wildman–Crippen MR) is 125 cm³/mol. The van der Waals surface area contributed by atoms with Crippen molar-refractivity contribution in [2.45, 2.75) is 56.5 Å². The van der Waals surface area contributed by atoms with Crippen LogP contribution < -0.4 is 10.9 Å². The van der Waals surface area contributed by atoms with Gasteiger partial charge in [-0.2, -0.15) is 0 Å². The van der Waals surface area contributed by atoms with Crippen molar-refractivity contribution in [3.63, 3.8) is 0 Å². The third-order valence-corrected chi connectivity index (χ3v) is 6.06. The van der Waals surface area contributed by atoms with Crippen molar-refractivity contribution in [1.29, 1.82) is 0 Å². The Morgan fingerprint density at radius 1 is 1.20 bits per heavy atom. The van der Waals surface area contributed by atoms with Crippen molar-refractivity contribution < 1.29 is 4.79 Å². The van der Waals surface area contributed by atoms with Gasteiger partial charge in [0.1, 0.15) is 0 Å². The fourth-order valence-electron chi connectivity index (χ4n) is 3.17. The Balaban J connectivity index is 2.13. The number of hydrogen-bond donors (Lipinski definition) is 1. The van der Waals surface area contributed by atoms with Gasteiger partial charge in [0.25, 0.3) is 5.56 Å². The van der Waals surface area contributed by atoms with Gasteiger partial charge in [0.2, 0.25) is 5.91 Å². The Morgan fingerprint density at radius 2 is 1.97 bits per heavy atom. The average Bonchev–Trinajstić information content (AvgIpc) is 2.70. The molecule has 7 heteroatoms. The third-order valence-electron chi connectivity index (χ3n) is 4.60. The first-order chi connectivity index (χ1) is 14.4. The van der Waals surface area contributed by atoms with Crippen molar-refractivity contribution in [3.8, 4) is 5.69 Å². The predicted octanol–water partition coefficient (Wildman–Crippen LogP) is 5.21. The van der Waals surface area contributed by atoms with Crippen LogP contribution in [0, 0.1) is 0 Å². The summed E-state index contributed by atoms with van der Waals surface area (Å²) in [6, 6.07) is 14.4. The summed E-state index contributed by atoms with van der Waals surface area (Å²) < 4.78 is 1.56. The smallest absolute Gasteiger partial charge is 0.266 e. The summed E-state index contributed by atoms with van der Waals surface area (Å²) in [6.07, 6.45) is 2.61. The molecule has 5 nitrogen and oxygen atoms in total. The minimum absolute atomic E-state index is 0.0384. The van der Waals surface area contributed by atoms with Gasteiger partial charge in [0.05, 0.1) is 21.8 Å². The number of rotatable bonds is 8. The highest BCUT2D eigenvalue weighted by atomic mass is 35.5. The maximum atomic E-state index is 13.4. The van der Waals surface area contributed by atoms with Gasteiger partial charge in [-0.15, -0.1) is 0 Å². The van der Waals surface area contributed by atoms with E-state index in [9.17, 15) is 9.59 Å². The quantitative estimate of drug-likeness (QED) is 0.383. The zero-order valence-corrected chi connectivity index (χ0v) is 19.0. The van der Waals surface area contributed by atoms with Gasteiger partial charge in [-0.3, -0.25) is 14.2 Å². The molecule has 0 fully saturated rings. The normalized spacial score (nSPS) is 12.3. The molecule has 2 aromatic carbocycles. The van der Waals surface area contributed by atoms with Crippen LogP contribution >= 0.6 is 23.4 Å². The van der Waals surface area contributed by atoms with Gasteiger partial charge in [-0.05, 0) is 50.6 Å². The Kier molecular flexibility index (Phi) is 7.56. The van der Waals surface area contributed by atoms with Crippen LogP contribution in [0.3, 0.4) is 0 Å². The van der Waals surface area contributed by atoms with E-state index in [4.69, 9.17) is 16.6 Å². The summed E-state index contributed by atoms with van der Waals surface area (Å²) >= 11 is 7.52. The van der Waals surface area contributed by atoms with Crippen LogP contribution in [0.4, 0.5) is 0 Å². The zero-order valence-electron chi connectivity index (χ0n) is 17.4. The van der Waals surface area contributed by atoms with E-state index < -0.39 is 0 Å². The maximum Gasteiger partial charge on any atom is 0.266 e. The lowest BCUT2D eigenvalue weighted by molar-refractivity contribution is -0.121. The molecule has 1 unspecified atom stereocenters. The first kappa shape index (κ1) is 22.4. The molecule has 1 heterocycles. The van der Waals surface area contributed by atoms with Crippen LogP contribution in [-0.4, -0.2) is 26.8 Å². The molecule has 0 aliphatic rings. The molecule has 0 aliphatic heterocycles. The van der Waals surface area contributed by atoms with Crippen molar-refractivity contribution >= 4 is 40.2 Å². The Labute approximate surface area is 185 Å². The summed E-state index contributed by atoms with van der Waals surface area (Å²) in [7, 11) is 0. The molecule has 3 aromatic rings. The molecular weight excluding hydrogens is 418 g/mol. The van der Waals surface area contributed by atoms with E-state index in [1.54, 1.807) is 28.8 Å². The number of hydrogen-bond acceptors (Lipinski definition) is 4. The van der Waals surface area contributed by atoms with Crippen LogP contribution in [-0.2, 0) is 4.79 Å². The molecule has 0 radical (unpaired) electrons. The minimum Gasteiger partial charge on any atom is -0.353 e. The molecule has 0 spiro atoms. The van der Waals surface area contributed by atoms with E-state index >= 15 is 0 Å². The number of carbonyl (C=O) groups is 1. The molecule has 1 atom stereocenters. The molecule has 0 aliphatic carbocycles. The number of thioether (sulfide) groups is 1. The molecule has 1 amide bonds. The molecule has 3 rings (SSSR count). The number of nitrogens with zero attached hydrogens (tertiary/aromatic N) is 2. The van der Waals surface area contributed by atoms with Gasteiger partial charge in [-0.1, -0.05) is 61.3 Å². The van der Waals surface area contributed by atoms with Crippen molar-refractivity contribution in [3.05, 3.63) is 63.9 Å². The molecule has 1 N–H and O–H groups in total. The van der Waals surface area contributed by atoms with Gasteiger partial charge in [0.15, 0.2) is 5.16 Å². The van der Waals surface area contributed by atoms with E-state index in [1.165, 1.54) is 11.8 Å². The average molecular weight is 444 g/mol. The van der Waals surface area contributed by atoms with E-state index in [-0.39, 0.29) is 22.8 Å². The third kappa shape index (κ3) is 5.24. The highest BCUT2D eigenvalue weighted by Crippen LogP contribution is 2.29. The SMILES string of the molecule is CCCCC(Sc1nc2ccccc2c(=O)n1-c1cccc(Cl)c1)C(=O)NC(C)C. The number of benzene rings is 2. The summed E-state index contributed by atoms with van der Waals surface area (Å²) in [5.74, 6) is -0.0384. The molecule has 0 bridgehead atoms. The van der Waals surface area contributed by atoms with Crippen molar-refractivity contribution in [2.24, 2.45) is 0 Å². The van der Waals surface area contributed by atoms with Crippen LogP contribution in [0.15, 0.2) is 58.5 Å². The fraction of sp³-hybridized carbons (Fsp3) is 0.348. The topological polar surface area (TPSA) is 64.0 Å². The van der Waals surface area contributed by atoms with E-state index in [1.807, 2.05) is 38.1 Å². The largest absolute Gasteiger partial charge is 0.353 e. The fourth-order valence-corrected chi connectivity index (χ4v) is 4.52. The van der Waals surface area contributed by atoms with Gasteiger partial charge in [0, 0.05) is 11.1 Å². The van der Waals surface area contributed by atoms with Crippen LogP contribution in [0.25, 0.3) is 16.6 Å². The number of aromatic nitrogens is 2. The Hall–Kier alpha value is -2.31. The summed E-state index contributed by atoms with van der Waals surface area (Å²) in [4.78, 5) is 31.0. The Morgan fingerprint density at radius 3 is 2.67 bits per heavy atom. The first-order valence-electron chi connectivity index (χ1n) is 10.2. The second-order valence-corrected chi connectivity index (χ2v) is 9.05. The molecule has 0 saturated heterocycles. The van der Waals surface area contributed by atoms with Crippen LogP contribution in [0.5, 0.6) is 0 Å². The van der Waals surface area contributed by atoms with Gasteiger partial charge >= 0.3 is 0 Å². The minimum atomic E-state index is -0.342. The van der Waals surface area contributed by atoms with Gasteiger partial charge < -0.3 is 5.32 Å². The second-order valence-electron chi connectivity index (χ2n) is 7.44. The van der Waals surface area contributed by atoms with Crippen molar-refractivity contribution in [1.82, 2.24) is 14.9 Å². The van der Waals surface area contributed by atoms with E-state index in [2.05, 4.69) is 12.2 Å². The Bertz CT molecular complexity index is 1100. The monoisotopic (exact) mass is 443 g/mol. The van der Waals surface area contributed by atoms with E-state index in [0.29, 0.717) is 33.2 Å². The highest BCUT2D eigenvalue weighted by Gasteiger charge is 2.24. The zero-order chi connectivity index (χ0) is 21.7. The molecular formula is C23H26ClN3O2S. The van der Waals surface area contributed by atoms with Crippen molar-refractivity contribution in [2.75, 3.05) is 0 Å². The number of nitrogens with one attached hydrogen (secondary N) is 1. The molecule has 1 aromatic heterocycles. The van der Waals surface area contributed by atoms with Gasteiger partial charge in [-0.25, -0.2) is 4.98 Å². The summed E-state index contributed by atoms with van der Waals surface area (Å²) in [6.45, 7) is 5.98. The number of carbonyl (C=O) groups excluding carboxylic acids is 1. The number of para-hydroxylation sites is 1. The molecule has 0 saturated carbocycles. The number of amides is 1. The molecule has 158 valence electrons. The lowest BCUT2D eigenvalue weighted by Crippen LogP contribution is -2.37. The second kappa shape index (κ2) is 10.1.